The SMILES string of the molecule is CC.CCCC(CC)OCC. The van der Waals surface area contributed by atoms with Crippen LogP contribution < -0.4 is 0 Å². The van der Waals surface area contributed by atoms with Gasteiger partial charge >= 0.3 is 0 Å². The van der Waals surface area contributed by atoms with Crippen molar-refractivity contribution >= 4 is 0 Å². The van der Waals surface area contributed by atoms with Crippen LogP contribution in [0.3, 0.4) is 0 Å². The zero-order chi connectivity index (χ0) is 9.11. The normalized spacial score (nSPS) is 11.7. The minimum absolute atomic E-state index is 0.514. The van der Waals surface area contributed by atoms with E-state index in [4.69, 9.17) is 4.74 Å². The molecule has 0 aromatic rings. The molecule has 11 heavy (non-hydrogen) atoms. The highest BCUT2D eigenvalue weighted by Crippen LogP contribution is 2.04. The number of hydrogen-bond acceptors (Lipinski definition) is 1. The van der Waals surface area contributed by atoms with E-state index in [1.165, 1.54) is 12.8 Å². The maximum absolute atomic E-state index is 5.43. The molecule has 0 saturated heterocycles. The number of rotatable bonds is 5. The van der Waals surface area contributed by atoms with Gasteiger partial charge in [-0.25, -0.2) is 0 Å². The van der Waals surface area contributed by atoms with Crippen LogP contribution in [0.4, 0.5) is 0 Å². The van der Waals surface area contributed by atoms with E-state index in [9.17, 15) is 0 Å². The maximum Gasteiger partial charge on any atom is 0.0572 e. The molecule has 0 spiro atoms. The van der Waals surface area contributed by atoms with Crippen molar-refractivity contribution in [3.63, 3.8) is 0 Å². The lowest BCUT2D eigenvalue weighted by molar-refractivity contribution is 0.0538. The van der Waals surface area contributed by atoms with Gasteiger partial charge in [0.05, 0.1) is 6.10 Å². The van der Waals surface area contributed by atoms with Gasteiger partial charge in [-0.1, -0.05) is 34.1 Å². The van der Waals surface area contributed by atoms with Gasteiger partial charge in [0.25, 0.3) is 0 Å². The molecule has 0 aromatic heterocycles. The van der Waals surface area contributed by atoms with Crippen molar-refractivity contribution in [2.45, 2.75) is 60.0 Å². The van der Waals surface area contributed by atoms with Crippen molar-refractivity contribution in [3.8, 4) is 0 Å². The minimum atomic E-state index is 0.514. The first-order valence-corrected chi connectivity index (χ1v) is 4.96. The van der Waals surface area contributed by atoms with Gasteiger partial charge < -0.3 is 4.74 Å². The van der Waals surface area contributed by atoms with E-state index in [2.05, 4.69) is 20.8 Å². The summed E-state index contributed by atoms with van der Waals surface area (Å²) < 4.78 is 5.43. The quantitative estimate of drug-likeness (QED) is 0.596. The van der Waals surface area contributed by atoms with Gasteiger partial charge in [-0.15, -0.1) is 0 Å². The molecular formula is C10H24O. The van der Waals surface area contributed by atoms with Crippen LogP contribution in [0.15, 0.2) is 0 Å². The molecule has 0 rings (SSSR count). The summed E-state index contributed by atoms with van der Waals surface area (Å²) in [5, 5.41) is 0. The Bertz CT molecular complexity index is 46.8. The largest absolute Gasteiger partial charge is 0.379 e. The zero-order valence-corrected chi connectivity index (χ0v) is 8.81. The lowest BCUT2D eigenvalue weighted by Crippen LogP contribution is -2.10. The second-order valence-corrected chi connectivity index (χ2v) is 2.27. The molecule has 1 atom stereocenters. The van der Waals surface area contributed by atoms with Crippen molar-refractivity contribution < 1.29 is 4.74 Å². The lowest BCUT2D eigenvalue weighted by Gasteiger charge is -2.12. The van der Waals surface area contributed by atoms with E-state index in [1.807, 2.05) is 13.8 Å². The molecule has 70 valence electrons. The van der Waals surface area contributed by atoms with Crippen LogP contribution in [0.2, 0.25) is 0 Å². The van der Waals surface area contributed by atoms with Crippen molar-refractivity contribution in [1.82, 2.24) is 0 Å². The van der Waals surface area contributed by atoms with E-state index in [1.54, 1.807) is 0 Å². The van der Waals surface area contributed by atoms with Crippen LogP contribution in [0.25, 0.3) is 0 Å². The van der Waals surface area contributed by atoms with Crippen molar-refractivity contribution in [1.29, 1.82) is 0 Å². The monoisotopic (exact) mass is 160 g/mol. The Morgan fingerprint density at radius 2 is 1.64 bits per heavy atom. The molecule has 0 N–H and O–H groups in total. The van der Waals surface area contributed by atoms with Crippen LogP contribution in [0, 0.1) is 0 Å². The predicted molar refractivity (Wildman–Crippen MR) is 52.0 cm³/mol. The predicted octanol–water partition coefficient (Wildman–Crippen LogP) is 3.63. The fourth-order valence-electron chi connectivity index (χ4n) is 0.963. The summed E-state index contributed by atoms with van der Waals surface area (Å²) in [7, 11) is 0. The Hall–Kier alpha value is -0.0400. The molecule has 0 fully saturated rings. The molecule has 0 aliphatic rings. The van der Waals surface area contributed by atoms with E-state index >= 15 is 0 Å². The van der Waals surface area contributed by atoms with Crippen molar-refractivity contribution in [2.75, 3.05) is 6.61 Å². The highest BCUT2D eigenvalue weighted by molar-refractivity contribution is 4.52. The molecule has 0 radical (unpaired) electrons. The Labute approximate surface area is 72.1 Å². The fraction of sp³-hybridized carbons (Fsp3) is 1.00. The first-order valence-electron chi connectivity index (χ1n) is 4.96. The van der Waals surface area contributed by atoms with E-state index in [0.29, 0.717) is 6.10 Å². The summed E-state index contributed by atoms with van der Waals surface area (Å²) in [6, 6.07) is 0. The van der Waals surface area contributed by atoms with Gasteiger partial charge in [-0.05, 0) is 19.8 Å². The minimum Gasteiger partial charge on any atom is -0.379 e. The van der Waals surface area contributed by atoms with Crippen molar-refractivity contribution in [3.05, 3.63) is 0 Å². The molecule has 0 aliphatic heterocycles. The summed E-state index contributed by atoms with van der Waals surface area (Å²) in [5.74, 6) is 0. The maximum atomic E-state index is 5.43. The first-order chi connectivity index (χ1) is 5.35. The van der Waals surface area contributed by atoms with Crippen LogP contribution in [0.5, 0.6) is 0 Å². The van der Waals surface area contributed by atoms with E-state index in [0.717, 1.165) is 13.0 Å². The molecule has 1 nitrogen and oxygen atoms in total. The van der Waals surface area contributed by atoms with Gasteiger partial charge in [-0.3, -0.25) is 0 Å². The molecule has 0 heterocycles. The van der Waals surface area contributed by atoms with Crippen molar-refractivity contribution in [2.24, 2.45) is 0 Å². The average molecular weight is 160 g/mol. The standard InChI is InChI=1S/C8H18O.C2H6/c1-4-7-8(5-2)9-6-3;1-2/h8H,4-7H2,1-3H3;1-2H3. The summed E-state index contributed by atoms with van der Waals surface area (Å²) in [6.45, 7) is 11.3. The Morgan fingerprint density at radius 3 is 1.91 bits per heavy atom. The smallest absolute Gasteiger partial charge is 0.0572 e. The molecule has 0 saturated carbocycles. The third-order valence-electron chi connectivity index (χ3n) is 1.47. The second kappa shape index (κ2) is 12.6. The van der Waals surface area contributed by atoms with Gasteiger partial charge in [0, 0.05) is 6.61 Å². The fourth-order valence-corrected chi connectivity index (χ4v) is 0.963. The highest BCUT2D eigenvalue weighted by Gasteiger charge is 2.01. The third kappa shape index (κ3) is 9.96. The van der Waals surface area contributed by atoms with E-state index < -0.39 is 0 Å². The lowest BCUT2D eigenvalue weighted by atomic mass is 10.2. The van der Waals surface area contributed by atoms with Gasteiger partial charge in [-0.2, -0.15) is 0 Å². The van der Waals surface area contributed by atoms with E-state index in [-0.39, 0.29) is 0 Å². The summed E-state index contributed by atoms with van der Waals surface area (Å²) >= 11 is 0. The van der Waals surface area contributed by atoms with Gasteiger partial charge in [0.15, 0.2) is 0 Å². The Balaban J connectivity index is 0. The Morgan fingerprint density at radius 1 is 1.09 bits per heavy atom. The second-order valence-electron chi connectivity index (χ2n) is 2.27. The van der Waals surface area contributed by atoms with Crippen LogP contribution in [-0.2, 0) is 4.74 Å². The first kappa shape index (κ1) is 13.5. The summed E-state index contributed by atoms with van der Waals surface area (Å²) in [6.07, 6.45) is 4.12. The number of ether oxygens (including phenoxy) is 1. The topological polar surface area (TPSA) is 9.23 Å². The van der Waals surface area contributed by atoms with Gasteiger partial charge in [0.2, 0.25) is 0 Å². The van der Waals surface area contributed by atoms with Crippen LogP contribution >= 0.6 is 0 Å². The third-order valence-corrected chi connectivity index (χ3v) is 1.47. The highest BCUT2D eigenvalue weighted by atomic mass is 16.5. The summed E-state index contributed by atoms with van der Waals surface area (Å²) in [4.78, 5) is 0. The molecule has 1 heteroatoms. The Kier molecular flexibility index (Phi) is 15.5. The number of hydrogen-bond donors (Lipinski definition) is 0. The van der Waals surface area contributed by atoms with Crippen LogP contribution in [-0.4, -0.2) is 12.7 Å². The average Bonchev–Trinajstić information content (AvgIpc) is 2.08. The van der Waals surface area contributed by atoms with Gasteiger partial charge in [0.1, 0.15) is 0 Å². The molecule has 1 unspecified atom stereocenters. The molecule has 0 aliphatic carbocycles. The molecule has 0 aromatic carbocycles. The molecule has 0 amide bonds. The van der Waals surface area contributed by atoms with Crippen LogP contribution in [0.1, 0.15) is 53.9 Å². The summed E-state index contributed by atoms with van der Waals surface area (Å²) in [5.41, 5.74) is 0. The molecule has 0 bridgehead atoms. The molecular weight excluding hydrogens is 136 g/mol. The zero-order valence-electron chi connectivity index (χ0n) is 8.81.